The van der Waals surface area contributed by atoms with E-state index in [4.69, 9.17) is 5.73 Å². The number of rotatable bonds is 14. The zero-order valence-electron chi connectivity index (χ0n) is 15.8. The summed E-state index contributed by atoms with van der Waals surface area (Å²) in [5.74, 6) is -0.157. The maximum Gasteiger partial charge on any atom is 0.217 e. The predicted molar refractivity (Wildman–Crippen MR) is 99.1 cm³/mol. The minimum absolute atomic E-state index is 0.157. The highest BCUT2D eigenvalue weighted by Crippen LogP contribution is 2.11. The van der Waals surface area contributed by atoms with E-state index in [1.165, 1.54) is 77.2 Å². The molecule has 1 amide bonds. The molecule has 2 N–H and O–H groups in total. The highest BCUT2D eigenvalue weighted by molar-refractivity contribution is 5.73. The SMILES string of the molecule is CCCCCCCCCCCCCC(N)=O.CCCN(C)C. The summed E-state index contributed by atoms with van der Waals surface area (Å²) in [6, 6.07) is 0. The molecule has 0 rings (SSSR count). The number of nitrogens with zero attached hydrogens (tertiary/aromatic N) is 1. The van der Waals surface area contributed by atoms with Gasteiger partial charge in [0, 0.05) is 6.42 Å². The van der Waals surface area contributed by atoms with Crippen LogP contribution < -0.4 is 5.73 Å². The van der Waals surface area contributed by atoms with Crippen LogP contribution in [-0.2, 0) is 4.79 Å². The van der Waals surface area contributed by atoms with Crippen LogP contribution in [0.25, 0.3) is 0 Å². The molecule has 0 saturated heterocycles. The Kier molecular flexibility index (Phi) is 22.0. The molecule has 0 radical (unpaired) electrons. The molecule has 0 heterocycles. The first kappa shape index (κ1) is 23.7. The molecule has 0 unspecified atom stereocenters. The third kappa shape index (κ3) is 27.7. The van der Waals surface area contributed by atoms with Crippen LogP contribution >= 0.6 is 0 Å². The summed E-state index contributed by atoms with van der Waals surface area (Å²) in [5.41, 5.74) is 5.07. The van der Waals surface area contributed by atoms with Gasteiger partial charge in [0.1, 0.15) is 0 Å². The molecule has 0 aliphatic rings. The fraction of sp³-hybridized carbons (Fsp3) is 0.947. The number of hydrogen-bond donors (Lipinski definition) is 1. The highest BCUT2D eigenvalue weighted by Gasteiger charge is 1.95. The van der Waals surface area contributed by atoms with Crippen LogP contribution in [0.4, 0.5) is 0 Å². The lowest BCUT2D eigenvalue weighted by Gasteiger charge is -2.03. The van der Waals surface area contributed by atoms with Gasteiger partial charge in [0.2, 0.25) is 5.91 Å². The Bertz CT molecular complexity index is 217. The molecule has 0 aromatic rings. The topological polar surface area (TPSA) is 46.3 Å². The minimum Gasteiger partial charge on any atom is -0.370 e. The summed E-state index contributed by atoms with van der Waals surface area (Å²) in [6.07, 6.45) is 16.3. The molecule has 0 spiro atoms. The molecule has 0 bridgehead atoms. The first-order chi connectivity index (χ1) is 10.5. The van der Waals surface area contributed by atoms with Crippen molar-refractivity contribution < 1.29 is 4.79 Å². The number of carbonyl (C=O) groups is 1. The third-order valence-corrected chi connectivity index (χ3v) is 3.70. The summed E-state index contributed by atoms with van der Waals surface area (Å²) in [4.78, 5) is 12.7. The third-order valence-electron chi connectivity index (χ3n) is 3.70. The molecule has 3 nitrogen and oxygen atoms in total. The lowest BCUT2D eigenvalue weighted by atomic mass is 10.1. The van der Waals surface area contributed by atoms with Crippen molar-refractivity contribution in [3.8, 4) is 0 Å². The molecule has 0 aromatic carbocycles. The number of hydrogen-bond acceptors (Lipinski definition) is 2. The van der Waals surface area contributed by atoms with Crippen molar-refractivity contribution in [3.63, 3.8) is 0 Å². The standard InChI is InChI=1S/C14H29NO.C5H13N/c1-2-3-4-5-6-7-8-9-10-11-12-13-14(15)16;1-4-5-6(2)3/h2-13H2,1H3,(H2,15,16);4-5H2,1-3H3. The molecule has 0 aromatic heterocycles. The maximum absolute atomic E-state index is 10.5. The van der Waals surface area contributed by atoms with Crippen LogP contribution in [0.5, 0.6) is 0 Å². The lowest BCUT2D eigenvalue weighted by Crippen LogP contribution is -2.11. The van der Waals surface area contributed by atoms with E-state index in [2.05, 4.69) is 32.8 Å². The van der Waals surface area contributed by atoms with Crippen molar-refractivity contribution in [3.05, 3.63) is 0 Å². The van der Waals surface area contributed by atoms with Gasteiger partial charge in [-0.05, 0) is 33.5 Å². The number of primary amides is 1. The molecule has 0 atom stereocenters. The van der Waals surface area contributed by atoms with Gasteiger partial charge in [-0.25, -0.2) is 0 Å². The molecule has 3 heteroatoms. The Morgan fingerprint density at radius 2 is 1.14 bits per heavy atom. The second-order valence-electron chi connectivity index (χ2n) is 6.56. The molecular formula is C19H42N2O. The number of amides is 1. The van der Waals surface area contributed by atoms with Gasteiger partial charge >= 0.3 is 0 Å². The smallest absolute Gasteiger partial charge is 0.217 e. The van der Waals surface area contributed by atoms with Gasteiger partial charge < -0.3 is 10.6 Å². The van der Waals surface area contributed by atoms with Gasteiger partial charge in [0.15, 0.2) is 0 Å². The van der Waals surface area contributed by atoms with Gasteiger partial charge in [-0.2, -0.15) is 0 Å². The molecule has 0 fully saturated rings. The first-order valence-electron chi connectivity index (χ1n) is 9.47. The van der Waals surface area contributed by atoms with E-state index in [1.54, 1.807) is 0 Å². The fourth-order valence-corrected chi connectivity index (χ4v) is 2.41. The van der Waals surface area contributed by atoms with E-state index in [9.17, 15) is 4.79 Å². The minimum atomic E-state index is -0.157. The second-order valence-corrected chi connectivity index (χ2v) is 6.56. The Hall–Kier alpha value is -0.570. The second kappa shape index (κ2) is 20.4. The van der Waals surface area contributed by atoms with Crippen LogP contribution in [-0.4, -0.2) is 31.4 Å². The Balaban J connectivity index is 0. The zero-order chi connectivity index (χ0) is 17.1. The van der Waals surface area contributed by atoms with Crippen molar-refractivity contribution in [1.82, 2.24) is 4.90 Å². The van der Waals surface area contributed by atoms with Gasteiger partial charge in [-0.1, -0.05) is 78.1 Å². The van der Waals surface area contributed by atoms with Crippen LogP contribution in [0.2, 0.25) is 0 Å². The summed E-state index contributed by atoms with van der Waals surface area (Å²) < 4.78 is 0. The van der Waals surface area contributed by atoms with Gasteiger partial charge in [0.05, 0.1) is 0 Å². The Labute approximate surface area is 140 Å². The number of carbonyl (C=O) groups excluding carboxylic acids is 1. The molecule has 0 saturated carbocycles. The van der Waals surface area contributed by atoms with Crippen molar-refractivity contribution in [2.45, 2.75) is 97.3 Å². The van der Waals surface area contributed by atoms with Crippen LogP contribution in [0.3, 0.4) is 0 Å². The van der Waals surface area contributed by atoms with E-state index in [0.717, 1.165) is 6.42 Å². The van der Waals surface area contributed by atoms with Crippen LogP contribution in [0.15, 0.2) is 0 Å². The normalized spacial score (nSPS) is 10.4. The highest BCUT2D eigenvalue weighted by atomic mass is 16.1. The maximum atomic E-state index is 10.5. The number of nitrogens with two attached hydrogens (primary N) is 1. The summed E-state index contributed by atoms with van der Waals surface area (Å²) in [5, 5.41) is 0. The lowest BCUT2D eigenvalue weighted by molar-refractivity contribution is -0.118. The summed E-state index contributed by atoms with van der Waals surface area (Å²) in [6.45, 7) is 5.64. The van der Waals surface area contributed by atoms with Crippen molar-refractivity contribution >= 4 is 5.91 Å². The van der Waals surface area contributed by atoms with E-state index in [1.807, 2.05) is 0 Å². The van der Waals surface area contributed by atoms with Gasteiger partial charge in [0.25, 0.3) is 0 Å². The van der Waals surface area contributed by atoms with Crippen molar-refractivity contribution in [2.24, 2.45) is 5.73 Å². The molecular weight excluding hydrogens is 272 g/mol. The predicted octanol–water partition coefficient (Wildman–Crippen LogP) is 5.13. The average molecular weight is 315 g/mol. The monoisotopic (exact) mass is 314 g/mol. The summed E-state index contributed by atoms with van der Waals surface area (Å²) >= 11 is 0. The first-order valence-corrected chi connectivity index (χ1v) is 9.47. The van der Waals surface area contributed by atoms with E-state index in [-0.39, 0.29) is 5.91 Å². The van der Waals surface area contributed by atoms with Gasteiger partial charge in [-0.15, -0.1) is 0 Å². The average Bonchev–Trinajstić information content (AvgIpc) is 2.45. The van der Waals surface area contributed by atoms with Crippen molar-refractivity contribution in [1.29, 1.82) is 0 Å². The quantitative estimate of drug-likeness (QED) is 0.452. The molecule has 0 aliphatic heterocycles. The van der Waals surface area contributed by atoms with E-state index in [0.29, 0.717) is 6.42 Å². The van der Waals surface area contributed by atoms with Crippen molar-refractivity contribution in [2.75, 3.05) is 20.6 Å². The van der Waals surface area contributed by atoms with Gasteiger partial charge in [-0.3, -0.25) is 4.79 Å². The molecule has 0 aliphatic carbocycles. The van der Waals surface area contributed by atoms with Crippen LogP contribution in [0.1, 0.15) is 97.3 Å². The van der Waals surface area contributed by atoms with E-state index >= 15 is 0 Å². The summed E-state index contributed by atoms with van der Waals surface area (Å²) in [7, 11) is 4.17. The van der Waals surface area contributed by atoms with Crippen LogP contribution in [0, 0.1) is 0 Å². The largest absolute Gasteiger partial charge is 0.370 e. The zero-order valence-corrected chi connectivity index (χ0v) is 15.8. The Morgan fingerprint density at radius 1 is 0.727 bits per heavy atom. The molecule has 22 heavy (non-hydrogen) atoms. The van der Waals surface area contributed by atoms with E-state index < -0.39 is 0 Å². The fourth-order valence-electron chi connectivity index (χ4n) is 2.41. The number of unbranched alkanes of at least 4 members (excludes halogenated alkanes) is 10. The molecule has 134 valence electrons. The Morgan fingerprint density at radius 3 is 1.41 bits per heavy atom.